The maximum Gasteiger partial charge on any atom is 0.205 e. The molecule has 0 aliphatic heterocycles. The number of allylic oxidation sites excluding steroid dienone is 2. The number of nitrogens with zero attached hydrogens (tertiary/aromatic N) is 2. The molecule has 2 N–H and O–H groups in total. The Hall–Kier alpha value is -2.92. The predicted molar refractivity (Wildman–Crippen MR) is 57.8 cm³/mol. The Morgan fingerprint density at radius 3 is 2.00 bits per heavy atom. The minimum atomic E-state index is -0.633. The van der Waals surface area contributed by atoms with Crippen molar-refractivity contribution in [1.82, 2.24) is 0 Å². The number of hydrogen-bond donors (Lipinski definition) is 1. The van der Waals surface area contributed by atoms with Crippen LogP contribution in [-0.4, -0.2) is 11.6 Å². The van der Waals surface area contributed by atoms with E-state index in [1.54, 1.807) is 12.1 Å². The summed E-state index contributed by atoms with van der Waals surface area (Å²) in [4.78, 5) is 23.7. The highest BCUT2D eigenvalue weighted by Crippen LogP contribution is 2.27. The standard InChI is InChI=1S/C12H5N3O2/c13-4-9-10(5-14)12(17)8-3-6(15)1-2-7(8)11(9)16/h1-3H,15H2. The van der Waals surface area contributed by atoms with E-state index in [9.17, 15) is 9.59 Å². The maximum absolute atomic E-state index is 11.9. The fraction of sp³-hybridized carbons (Fsp3) is 0. The lowest BCUT2D eigenvalue weighted by Crippen LogP contribution is -2.21. The molecule has 5 heteroatoms. The van der Waals surface area contributed by atoms with E-state index in [-0.39, 0.29) is 11.1 Å². The van der Waals surface area contributed by atoms with Crippen molar-refractivity contribution < 1.29 is 9.59 Å². The first-order chi connectivity index (χ1) is 8.10. The number of nitrogen functional groups attached to an aromatic ring is 1. The third kappa shape index (κ3) is 1.38. The summed E-state index contributed by atoms with van der Waals surface area (Å²) in [5, 5.41) is 17.6. The number of Topliss-reactive ketones (excluding diaryl/α,β-unsaturated/α-hetero) is 2. The van der Waals surface area contributed by atoms with Gasteiger partial charge in [-0.05, 0) is 18.2 Å². The zero-order valence-corrected chi connectivity index (χ0v) is 8.52. The van der Waals surface area contributed by atoms with Crippen LogP contribution in [0.25, 0.3) is 0 Å². The van der Waals surface area contributed by atoms with Gasteiger partial charge in [0.05, 0.1) is 0 Å². The van der Waals surface area contributed by atoms with Gasteiger partial charge in [0, 0.05) is 16.8 Å². The number of hydrogen-bond acceptors (Lipinski definition) is 5. The Bertz CT molecular complexity index is 672. The van der Waals surface area contributed by atoms with Crippen LogP contribution in [0.15, 0.2) is 29.3 Å². The second-order valence-corrected chi connectivity index (χ2v) is 3.44. The maximum atomic E-state index is 11.9. The summed E-state index contributed by atoms with van der Waals surface area (Å²) in [7, 11) is 0. The van der Waals surface area contributed by atoms with Crippen LogP contribution in [0.1, 0.15) is 20.7 Å². The summed E-state index contributed by atoms with van der Waals surface area (Å²) in [6.07, 6.45) is 0. The zero-order chi connectivity index (χ0) is 12.6. The third-order valence-electron chi connectivity index (χ3n) is 2.46. The Morgan fingerprint density at radius 2 is 1.47 bits per heavy atom. The number of nitrogens with two attached hydrogens (primary N) is 1. The van der Waals surface area contributed by atoms with Crippen molar-refractivity contribution in [3.05, 3.63) is 40.5 Å². The van der Waals surface area contributed by atoms with Crippen LogP contribution >= 0.6 is 0 Å². The molecule has 0 amide bonds. The lowest BCUT2D eigenvalue weighted by atomic mass is 9.85. The van der Waals surface area contributed by atoms with Crippen LogP contribution in [0, 0.1) is 22.7 Å². The molecule has 2 rings (SSSR count). The van der Waals surface area contributed by atoms with Crippen molar-refractivity contribution in [2.45, 2.75) is 0 Å². The normalized spacial score (nSPS) is 14.0. The van der Waals surface area contributed by atoms with Crippen molar-refractivity contribution in [1.29, 1.82) is 10.5 Å². The number of carbonyl (C=O) groups is 2. The summed E-state index contributed by atoms with van der Waals surface area (Å²) >= 11 is 0. The molecule has 1 aromatic carbocycles. The lowest BCUT2D eigenvalue weighted by Gasteiger charge is -2.13. The number of carbonyl (C=O) groups excluding carboxylic acids is 2. The molecule has 0 saturated heterocycles. The Morgan fingerprint density at radius 1 is 0.941 bits per heavy atom. The second kappa shape index (κ2) is 3.58. The number of rotatable bonds is 0. The number of anilines is 1. The smallest absolute Gasteiger partial charge is 0.205 e. The fourth-order valence-electron chi connectivity index (χ4n) is 1.66. The molecule has 0 spiro atoms. The monoisotopic (exact) mass is 223 g/mol. The molecule has 0 heterocycles. The van der Waals surface area contributed by atoms with Gasteiger partial charge in [-0.25, -0.2) is 0 Å². The largest absolute Gasteiger partial charge is 0.399 e. The molecule has 1 aliphatic rings. The fourth-order valence-corrected chi connectivity index (χ4v) is 1.66. The van der Waals surface area contributed by atoms with E-state index < -0.39 is 22.7 Å². The molecule has 0 atom stereocenters. The molecule has 1 aliphatic carbocycles. The van der Waals surface area contributed by atoms with Crippen molar-refractivity contribution >= 4 is 17.3 Å². The predicted octanol–water partition coefficient (Wildman–Crippen LogP) is 0.992. The van der Waals surface area contributed by atoms with Gasteiger partial charge in [-0.3, -0.25) is 9.59 Å². The Kier molecular flexibility index (Phi) is 2.23. The molecule has 0 saturated carbocycles. The average Bonchev–Trinajstić information content (AvgIpc) is 2.33. The van der Waals surface area contributed by atoms with Gasteiger partial charge in [-0.1, -0.05) is 0 Å². The van der Waals surface area contributed by atoms with Gasteiger partial charge >= 0.3 is 0 Å². The average molecular weight is 223 g/mol. The first kappa shape index (κ1) is 10.6. The molecule has 0 unspecified atom stereocenters. The molecule has 0 fully saturated rings. The summed E-state index contributed by atoms with van der Waals surface area (Å²) < 4.78 is 0. The third-order valence-corrected chi connectivity index (χ3v) is 2.46. The van der Waals surface area contributed by atoms with E-state index in [1.165, 1.54) is 18.2 Å². The first-order valence-corrected chi connectivity index (χ1v) is 4.63. The highest BCUT2D eigenvalue weighted by molar-refractivity contribution is 6.29. The summed E-state index contributed by atoms with van der Waals surface area (Å²) in [5.74, 6) is -1.25. The van der Waals surface area contributed by atoms with Crippen LogP contribution in [-0.2, 0) is 0 Å². The first-order valence-electron chi connectivity index (χ1n) is 4.63. The van der Waals surface area contributed by atoms with Gasteiger partial charge in [0.2, 0.25) is 11.6 Å². The zero-order valence-electron chi connectivity index (χ0n) is 8.52. The number of ketones is 2. The molecule has 17 heavy (non-hydrogen) atoms. The molecule has 80 valence electrons. The van der Waals surface area contributed by atoms with Crippen molar-refractivity contribution in [3.63, 3.8) is 0 Å². The highest BCUT2D eigenvalue weighted by atomic mass is 16.1. The minimum Gasteiger partial charge on any atom is -0.399 e. The summed E-state index contributed by atoms with van der Waals surface area (Å²) in [6.45, 7) is 0. The van der Waals surface area contributed by atoms with Crippen molar-refractivity contribution in [2.24, 2.45) is 0 Å². The van der Waals surface area contributed by atoms with Crippen LogP contribution in [0.4, 0.5) is 5.69 Å². The molecular formula is C12H5N3O2. The molecular weight excluding hydrogens is 218 g/mol. The van der Waals surface area contributed by atoms with Crippen LogP contribution < -0.4 is 5.73 Å². The van der Waals surface area contributed by atoms with Gasteiger partial charge in [-0.2, -0.15) is 10.5 Å². The molecule has 0 radical (unpaired) electrons. The van der Waals surface area contributed by atoms with E-state index in [0.717, 1.165) is 0 Å². The van der Waals surface area contributed by atoms with Crippen LogP contribution in [0.2, 0.25) is 0 Å². The molecule has 0 bridgehead atoms. The number of benzene rings is 1. The summed E-state index contributed by atoms with van der Waals surface area (Å²) in [6, 6.07) is 7.38. The molecule has 5 nitrogen and oxygen atoms in total. The minimum absolute atomic E-state index is 0.0746. The lowest BCUT2D eigenvalue weighted by molar-refractivity contribution is 0.0982. The summed E-state index contributed by atoms with van der Waals surface area (Å²) in [5.41, 5.74) is 5.20. The van der Waals surface area contributed by atoms with Gasteiger partial charge in [0.15, 0.2) is 0 Å². The van der Waals surface area contributed by atoms with E-state index in [0.29, 0.717) is 5.69 Å². The van der Waals surface area contributed by atoms with E-state index in [2.05, 4.69) is 0 Å². The van der Waals surface area contributed by atoms with Crippen molar-refractivity contribution in [2.75, 3.05) is 5.73 Å². The molecule has 1 aromatic rings. The SMILES string of the molecule is N#CC1=C(C#N)C(=O)c2cc(N)ccc2C1=O. The van der Waals surface area contributed by atoms with E-state index in [4.69, 9.17) is 16.3 Å². The second-order valence-electron chi connectivity index (χ2n) is 3.44. The van der Waals surface area contributed by atoms with Crippen LogP contribution in [0.3, 0.4) is 0 Å². The highest BCUT2D eigenvalue weighted by Gasteiger charge is 2.32. The van der Waals surface area contributed by atoms with Gasteiger partial charge in [0.25, 0.3) is 0 Å². The Balaban J connectivity index is 2.79. The van der Waals surface area contributed by atoms with Gasteiger partial charge in [-0.15, -0.1) is 0 Å². The number of nitriles is 2. The number of fused-ring (bicyclic) bond motifs is 1. The van der Waals surface area contributed by atoms with E-state index >= 15 is 0 Å². The molecule has 0 aromatic heterocycles. The Labute approximate surface area is 96.4 Å². The van der Waals surface area contributed by atoms with Gasteiger partial charge in [0.1, 0.15) is 23.3 Å². The van der Waals surface area contributed by atoms with Crippen LogP contribution in [0.5, 0.6) is 0 Å². The topological polar surface area (TPSA) is 108 Å². The quantitative estimate of drug-likeness (QED) is 0.660. The van der Waals surface area contributed by atoms with E-state index in [1.807, 2.05) is 0 Å². The van der Waals surface area contributed by atoms with Crippen molar-refractivity contribution in [3.8, 4) is 12.1 Å². The van der Waals surface area contributed by atoms with Gasteiger partial charge < -0.3 is 5.73 Å².